The number of carbonyl (C=O) groups is 1. The highest BCUT2D eigenvalue weighted by Crippen LogP contribution is 2.23. The van der Waals surface area contributed by atoms with Gasteiger partial charge in [-0.25, -0.2) is 0 Å². The van der Waals surface area contributed by atoms with Crippen LogP contribution in [0.15, 0.2) is 18.2 Å². The van der Waals surface area contributed by atoms with Crippen molar-refractivity contribution in [3.63, 3.8) is 0 Å². The summed E-state index contributed by atoms with van der Waals surface area (Å²) in [5, 5.41) is -0.521. The number of ketones is 1. The summed E-state index contributed by atoms with van der Waals surface area (Å²) in [5.74, 6) is 0.523. The average Bonchev–Trinajstić information content (AvgIpc) is 2.17. The minimum absolute atomic E-state index is 0.0971. The van der Waals surface area contributed by atoms with Gasteiger partial charge in [0.1, 0.15) is 5.75 Å². The molecule has 2 nitrogen and oxygen atoms in total. The van der Waals surface area contributed by atoms with E-state index >= 15 is 0 Å². The standard InChI is InChI=1S/C12H15ClO2/c1-4-15-11-7-8(2)5-6-10(11)12(14)9(3)13/h5-7,9H,4H2,1-3H3. The van der Waals surface area contributed by atoms with E-state index in [-0.39, 0.29) is 5.78 Å². The maximum Gasteiger partial charge on any atom is 0.184 e. The average molecular weight is 227 g/mol. The predicted molar refractivity (Wildman–Crippen MR) is 62.0 cm³/mol. The number of benzene rings is 1. The molecule has 1 atom stereocenters. The second-order valence-electron chi connectivity index (χ2n) is 3.41. The maximum atomic E-state index is 11.7. The lowest BCUT2D eigenvalue weighted by Gasteiger charge is -2.11. The van der Waals surface area contributed by atoms with E-state index in [1.807, 2.05) is 26.0 Å². The molecule has 0 amide bonds. The van der Waals surface area contributed by atoms with Crippen LogP contribution in [0.3, 0.4) is 0 Å². The molecule has 1 aromatic carbocycles. The van der Waals surface area contributed by atoms with Gasteiger partial charge in [0, 0.05) is 0 Å². The molecule has 0 aliphatic heterocycles. The van der Waals surface area contributed by atoms with Crippen LogP contribution in [0.25, 0.3) is 0 Å². The van der Waals surface area contributed by atoms with Crippen LogP contribution in [-0.2, 0) is 0 Å². The molecule has 0 saturated carbocycles. The van der Waals surface area contributed by atoms with Gasteiger partial charge in [0.2, 0.25) is 0 Å². The SMILES string of the molecule is CCOc1cc(C)ccc1C(=O)C(C)Cl. The number of ether oxygens (including phenoxy) is 1. The summed E-state index contributed by atoms with van der Waals surface area (Å²) in [6.45, 7) is 6.06. The number of hydrogen-bond donors (Lipinski definition) is 0. The molecule has 0 aliphatic carbocycles. The Morgan fingerprint density at radius 3 is 2.73 bits per heavy atom. The van der Waals surface area contributed by atoms with Gasteiger partial charge in [0.25, 0.3) is 0 Å². The zero-order chi connectivity index (χ0) is 11.4. The second kappa shape index (κ2) is 5.17. The third kappa shape index (κ3) is 2.96. The molecular formula is C12H15ClO2. The fraction of sp³-hybridized carbons (Fsp3) is 0.417. The molecule has 1 unspecified atom stereocenters. The minimum Gasteiger partial charge on any atom is -0.493 e. The molecule has 0 bridgehead atoms. The van der Waals surface area contributed by atoms with Gasteiger partial charge in [-0.05, 0) is 38.5 Å². The van der Waals surface area contributed by atoms with Crippen molar-refractivity contribution in [1.29, 1.82) is 0 Å². The molecule has 15 heavy (non-hydrogen) atoms. The minimum atomic E-state index is -0.521. The smallest absolute Gasteiger partial charge is 0.184 e. The van der Waals surface area contributed by atoms with Gasteiger partial charge in [-0.15, -0.1) is 11.6 Å². The van der Waals surface area contributed by atoms with Crippen molar-refractivity contribution in [3.8, 4) is 5.75 Å². The monoisotopic (exact) mass is 226 g/mol. The number of halogens is 1. The summed E-state index contributed by atoms with van der Waals surface area (Å²) >= 11 is 5.77. The van der Waals surface area contributed by atoms with Crippen LogP contribution < -0.4 is 4.74 Å². The summed E-state index contributed by atoms with van der Waals surface area (Å²) in [6.07, 6.45) is 0. The summed E-state index contributed by atoms with van der Waals surface area (Å²) in [5.41, 5.74) is 1.63. The molecule has 0 heterocycles. The molecule has 1 rings (SSSR count). The number of aryl methyl sites for hydroxylation is 1. The third-order valence-electron chi connectivity index (χ3n) is 2.06. The van der Waals surface area contributed by atoms with Crippen molar-refractivity contribution in [2.24, 2.45) is 0 Å². The maximum absolute atomic E-state index is 11.7. The first-order chi connectivity index (χ1) is 7.06. The Kier molecular flexibility index (Phi) is 4.15. The van der Waals surface area contributed by atoms with E-state index in [1.165, 1.54) is 0 Å². The van der Waals surface area contributed by atoms with Crippen LogP contribution in [0.5, 0.6) is 5.75 Å². The largest absolute Gasteiger partial charge is 0.493 e. The van der Waals surface area contributed by atoms with Crippen LogP contribution in [0.2, 0.25) is 0 Å². The lowest BCUT2D eigenvalue weighted by Crippen LogP contribution is -2.12. The zero-order valence-electron chi connectivity index (χ0n) is 9.21. The first-order valence-corrected chi connectivity index (χ1v) is 5.41. The summed E-state index contributed by atoms with van der Waals surface area (Å²) in [7, 11) is 0. The molecule has 3 heteroatoms. The van der Waals surface area contributed by atoms with Crippen molar-refractivity contribution in [3.05, 3.63) is 29.3 Å². The van der Waals surface area contributed by atoms with Crippen LogP contribution in [0, 0.1) is 6.92 Å². The third-order valence-corrected chi connectivity index (χ3v) is 2.26. The topological polar surface area (TPSA) is 26.3 Å². The molecule has 0 aromatic heterocycles. The quantitative estimate of drug-likeness (QED) is 0.582. The van der Waals surface area contributed by atoms with E-state index in [4.69, 9.17) is 16.3 Å². The number of Topliss-reactive ketones (excluding diaryl/α,β-unsaturated/α-hetero) is 1. The predicted octanol–water partition coefficient (Wildman–Crippen LogP) is 3.20. The molecule has 0 N–H and O–H groups in total. The van der Waals surface area contributed by atoms with E-state index in [0.717, 1.165) is 5.56 Å². The number of alkyl halides is 1. The zero-order valence-corrected chi connectivity index (χ0v) is 9.97. The molecule has 1 aromatic rings. The van der Waals surface area contributed by atoms with Crippen molar-refractivity contribution in [2.75, 3.05) is 6.61 Å². The van der Waals surface area contributed by atoms with E-state index in [9.17, 15) is 4.79 Å². The first kappa shape index (κ1) is 12.1. The Balaban J connectivity index is 3.10. The Bertz CT molecular complexity index is 359. The molecule has 0 spiro atoms. The lowest BCUT2D eigenvalue weighted by molar-refractivity contribution is 0.0988. The number of hydrogen-bond acceptors (Lipinski definition) is 2. The van der Waals surface area contributed by atoms with Crippen molar-refractivity contribution in [2.45, 2.75) is 26.1 Å². The summed E-state index contributed by atoms with van der Waals surface area (Å²) < 4.78 is 5.41. The van der Waals surface area contributed by atoms with E-state index < -0.39 is 5.38 Å². The van der Waals surface area contributed by atoms with Crippen LogP contribution in [-0.4, -0.2) is 17.8 Å². The van der Waals surface area contributed by atoms with Crippen LogP contribution >= 0.6 is 11.6 Å². The van der Waals surface area contributed by atoms with Gasteiger partial charge >= 0.3 is 0 Å². The van der Waals surface area contributed by atoms with Gasteiger partial charge in [0.05, 0.1) is 17.5 Å². The molecule has 82 valence electrons. The van der Waals surface area contributed by atoms with Gasteiger partial charge in [-0.2, -0.15) is 0 Å². The Morgan fingerprint density at radius 1 is 1.53 bits per heavy atom. The Labute approximate surface area is 95.2 Å². The number of rotatable bonds is 4. The molecule has 0 aliphatic rings. The summed E-state index contributed by atoms with van der Waals surface area (Å²) in [6, 6.07) is 5.51. The van der Waals surface area contributed by atoms with Crippen LogP contribution in [0.4, 0.5) is 0 Å². The van der Waals surface area contributed by atoms with Gasteiger partial charge in [-0.3, -0.25) is 4.79 Å². The summed E-state index contributed by atoms with van der Waals surface area (Å²) in [4.78, 5) is 11.7. The lowest BCUT2D eigenvalue weighted by atomic mass is 10.1. The highest BCUT2D eigenvalue weighted by Gasteiger charge is 2.16. The molecule has 0 radical (unpaired) electrons. The van der Waals surface area contributed by atoms with Gasteiger partial charge < -0.3 is 4.74 Å². The normalized spacial score (nSPS) is 12.3. The van der Waals surface area contributed by atoms with E-state index in [1.54, 1.807) is 13.0 Å². The molecule has 0 fully saturated rings. The Hall–Kier alpha value is -1.02. The van der Waals surface area contributed by atoms with Crippen molar-refractivity contribution >= 4 is 17.4 Å². The highest BCUT2D eigenvalue weighted by atomic mass is 35.5. The van der Waals surface area contributed by atoms with Crippen molar-refractivity contribution in [1.82, 2.24) is 0 Å². The fourth-order valence-corrected chi connectivity index (χ4v) is 1.44. The van der Waals surface area contributed by atoms with E-state index in [0.29, 0.717) is 17.9 Å². The molecular weight excluding hydrogens is 212 g/mol. The van der Waals surface area contributed by atoms with E-state index in [2.05, 4.69) is 0 Å². The van der Waals surface area contributed by atoms with Crippen LogP contribution in [0.1, 0.15) is 29.8 Å². The second-order valence-corrected chi connectivity index (χ2v) is 4.07. The highest BCUT2D eigenvalue weighted by molar-refractivity contribution is 6.33. The van der Waals surface area contributed by atoms with Gasteiger partial charge in [0.15, 0.2) is 5.78 Å². The number of carbonyl (C=O) groups excluding carboxylic acids is 1. The van der Waals surface area contributed by atoms with Gasteiger partial charge in [-0.1, -0.05) is 6.07 Å². The van der Waals surface area contributed by atoms with Crippen molar-refractivity contribution < 1.29 is 9.53 Å². The first-order valence-electron chi connectivity index (χ1n) is 4.98. The molecule has 0 saturated heterocycles. The fourth-order valence-electron chi connectivity index (χ4n) is 1.32. The Morgan fingerprint density at radius 2 is 2.20 bits per heavy atom.